The average Bonchev–Trinajstić information content (AvgIpc) is 3.08. The van der Waals surface area contributed by atoms with Gasteiger partial charge in [0.2, 0.25) is 0 Å². The lowest BCUT2D eigenvalue weighted by atomic mass is 9.61. The molecule has 144 valence electrons. The van der Waals surface area contributed by atoms with Crippen molar-refractivity contribution in [1.82, 2.24) is 20.0 Å². The van der Waals surface area contributed by atoms with Gasteiger partial charge in [0.1, 0.15) is 5.82 Å². The normalized spacial score (nSPS) is 28.4. The van der Waals surface area contributed by atoms with Crippen LogP contribution in [0.4, 0.5) is 4.39 Å². The van der Waals surface area contributed by atoms with Crippen LogP contribution in [0.1, 0.15) is 53.0 Å². The van der Waals surface area contributed by atoms with Crippen molar-refractivity contribution in [1.29, 1.82) is 0 Å². The number of carbonyl (C=O) groups excluding carboxylic acids is 1. The van der Waals surface area contributed by atoms with Crippen LogP contribution in [0.3, 0.4) is 0 Å². The number of piperazine rings is 1. The van der Waals surface area contributed by atoms with Gasteiger partial charge in [0.25, 0.3) is 5.91 Å². The summed E-state index contributed by atoms with van der Waals surface area (Å²) in [5.41, 5.74) is 4.99. The lowest BCUT2D eigenvalue weighted by molar-refractivity contribution is -0.161. The SMILES string of the molecule is O=C(c1n[nH]c2c1CCC(c1ccc(F)cc1)=C2)N1CCN2CCC23CCC13. The third-order valence-corrected chi connectivity index (χ3v) is 7.44. The number of hydrogen-bond acceptors (Lipinski definition) is 3. The minimum Gasteiger partial charge on any atom is -0.331 e. The number of nitrogens with one attached hydrogen (secondary N) is 1. The molecule has 2 saturated heterocycles. The number of amides is 1. The first-order valence-corrected chi connectivity index (χ1v) is 10.3. The molecule has 1 amide bonds. The molecule has 2 aliphatic heterocycles. The monoisotopic (exact) mass is 378 g/mol. The van der Waals surface area contributed by atoms with E-state index < -0.39 is 0 Å². The van der Waals surface area contributed by atoms with Crippen molar-refractivity contribution in [3.63, 3.8) is 0 Å². The highest BCUT2D eigenvalue weighted by Gasteiger charge is 2.61. The van der Waals surface area contributed by atoms with Crippen LogP contribution in [0.5, 0.6) is 0 Å². The van der Waals surface area contributed by atoms with Crippen molar-refractivity contribution in [3.05, 3.63) is 52.6 Å². The fourth-order valence-electron chi connectivity index (χ4n) is 5.69. The second-order valence-electron chi connectivity index (χ2n) is 8.53. The van der Waals surface area contributed by atoms with Crippen LogP contribution < -0.4 is 0 Å². The minimum atomic E-state index is -0.226. The Labute approximate surface area is 163 Å². The minimum absolute atomic E-state index is 0.0896. The van der Waals surface area contributed by atoms with E-state index in [0.717, 1.165) is 54.7 Å². The summed E-state index contributed by atoms with van der Waals surface area (Å²) in [6.07, 6.45) is 7.24. The first-order chi connectivity index (χ1) is 13.7. The van der Waals surface area contributed by atoms with Gasteiger partial charge in [-0.15, -0.1) is 0 Å². The van der Waals surface area contributed by atoms with Crippen molar-refractivity contribution >= 4 is 17.6 Å². The van der Waals surface area contributed by atoms with Gasteiger partial charge in [0.15, 0.2) is 5.69 Å². The van der Waals surface area contributed by atoms with E-state index in [9.17, 15) is 9.18 Å². The molecule has 2 aromatic rings. The van der Waals surface area contributed by atoms with E-state index in [-0.39, 0.29) is 17.3 Å². The molecule has 3 heterocycles. The standard InChI is InChI=1S/C22H23FN4O/c23-16-4-1-14(2-5-16)15-3-6-17-18(13-15)24-25-20(17)21(28)27-12-11-26-10-9-22(26)8-7-19(22)27/h1-2,4-5,13,19H,3,6-12H2,(H,24,25). The highest BCUT2D eigenvalue weighted by molar-refractivity contribution is 5.96. The van der Waals surface area contributed by atoms with Crippen LogP contribution in [0.2, 0.25) is 0 Å². The zero-order valence-corrected chi connectivity index (χ0v) is 15.7. The number of H-pyrrole nitrogens is 1. The summed E-state index contributed by atoms with van der Waals surface area (Å²) in [7, 11) is 0. The van der Waals surface area contributed by atoms with Crippen molar-refractivity contribution < 1.29 is 9.18 Å². The molecule has 1 saturated carbocycles. The van der Waals surface area contributed by atoms with Gasteiger partial charge in [-0.2, -0.15) is 5.10 Å². The Morgan fingerprint density at radius 3 is 2.71 bits per heavy atom. The van der Waals surface area contributed by atoms with E-state index in [0.29, 0.717) is 11.7 Å². The van der Waals surface area contributed by atoms with Crippen LogP contribution >= 0.6 is 0 Å². The number of nitrogens with zero attached hydrogens (tertiary/aromatic N) is 3. The van der Waals surface area contributed by atoms with Crippen LogP contribution in [0.25, 0.3) is 11.6 Å². The maximum Gasteiger partial charge on any atom is 0.275 e. The molecule has 0 radical (unpaired) electrons. The van der Waals surface area contributed by atoms with E-state index in [4.69, 9.17) is 0 Å². The maximum absolute atomic E-state index is 13.3. The van der Waals surface area contributed by atoms with Gasteiger partial charge < -0.3 is 4.90 Å². The third kappa shape index (κ3) is 2.15. The zero-order chi connectivity index (χ0) is 18.9. The molecule has 2 unspecified atom stereocenters. The topological polar surface area (TPSA) is 52.2 Å². The highest BCUT2D eigenvalue weighted by atomic mass is 19.1. The summed E-state index contributed by atoms with van der Waals surface area (Å²) in [5.74, 6) is -0.137. The van der Waals surface area contributed by atoms with Gasteiger partial charge in [0, 0.05) is 30.7 Å². The molecule has 5 nitrogen and oxygen atoms in total. The number of aromatic amines is 1. The number of halogens is 1. The largest absolute Gasteiger partial charge is 0.331 e. The smallest absolute Gasteiger partial charge is 0.275 e. The first-order valence-electron chi connectivity index (χ1n) is 10.3. The van der Waals surface area contributed by atoms with Gasteiger partial charge >= 0.3 is 0 Å². The molecule has 1 aromatic carbocycles. The maximum atomic E-state index is 13.3. The Kier molecular flexibility index (Phi) is 3.39. The molecule has 6 heteroatoms. The van der Waals surface area contributed by atoms with Gasteiger partial charge in [-0.1, -0.05) is 12.1 Å². The lowest BCUT2D eigenvalue weighted by Gasteiger charge is -2.68. The van der Waals surface area contributed by atoms with E-state index >= 15 is 0 Å². The van der Waals surface area contributed by atoms with Crippen LogP contribution in [0.15, 0.2) is 24.3 Å². The van der Waals surface area contributed by atoms with E-state index in [1.807, 2.05) is 12.1 Å². The molecule has 1 aromatic heterocycles. The Morgan fingerprint density at radius 1 is 1.14 bits per heavy atom. The first kappa shape index (κ1) is 16.5. The molecular weight excluding hydrogens is 355 g/mol. The molecule has 1 N–H and O–H groups in total. The van der Waals surface area contributed by atoms with Gasteiger partial charge in [-0.3, -0.25) is 14.8 Å². The lowest BCUT2D eigenvalue weighted by Crippen LogP contribution is -2.79. The molecule has 1 spiro atoms. The van der Waals surface area contributed by atoms with Crippen molar-refractivity contribution in [2.24, 2.45) is 0 Å². The molecular formula is C22H23FN4O. The molecule has 2 atom stereocenters. The molecule has 0 bridgehead atoms. The Hall–Kier alpha value is -2.47. The summed E-state index contributed by atoms with van der Waals surface area (Å²) >= 11 is 0. The number of allylic oxidation sites excluding steroid dienone is 1. The van der Waals surface area contributed by atoms with Crippen LogP contribution in [-0.4, -0.2) is 57.1 Å². The predicted molar refractivity (Wildman–Crippen MR) is 104 cm³/mol. The van der Waals surface area contributed by atoms with Gasteiger partial charge in [0.05, 0.1) is 11.7 Å². The highest BCUT2D eigenvalue weighted by Crippen LogP contribution is 2.51. The summed E-state index contributed by atoms with van der Waals surface area (Å²) in [6.45, 7) is 2.99. The van der Waals surface area contributed by atoms with Crippen molar-refractivity contribution in [2.45, 2.75) is 43.7 Å². The summed E-state index contributed by atoms with van der Waals surface area (Å²) < 4.78 is 13.2. The van der Waals surface area contributed by atoms with E-state index in [1.54, 1.807) is 0 Å². The zero-order valence-electron chi connectivity index (χ0n) is 15.7. The number of aromatic nitrogens is 2. The van der Waals surface area contributed by atoms with Crippen molar-refractivity contribution in [3.8, 4) is 0 Å². The summed E-state index contributed by atoms with van der Waals surface area (Å²) in [6, 6.07) is 6.96. The Balaban J connectivity index is 1.28. The molecule has 28 heavy (non-hydrogen) atoms. The molecule has 2 aliphatic carbocycles. The molecule has 4 aliphatic rings. The van der Waals surface area contributed by atoms with Crippen molar-refractivity contribution in [2.75, 3.05) is 19.6 Å². The summed E-state index contributed by atoms with van der Waals surface area (Å²) in [5, 5.41) is 7.50. The molecule has 6 rings (SSSR count). The van der Waals surface area contributed by atoms with E-state index in [2.05, 4.69) is 26.1 Å². The van der Waals surface area contributed by atoms with Crippen LogP contribution in [-0.2, 0) is 6.42 Å². The Morgan fingerprint density at radius 2 is 2.00 bits per heavy atom. The molecule has 3 fully saturated rings. The van der Waals surface area contributed by atoms with Gasteiger partial charge in [-0.05, 0) is 61.4 Å². The number of benzene rings is 1. The quantitative estimate of drug-likeness (QED) is 0.874. The summed E-state index contributed by atoms with van der Waals surface area (Å²) in [4.78, 5) is 18.0. The average molecular weight is 378 g/mol. The number of carbonyl (C=O) groups is 1. The van der Waals surface area contributed by atoms with Crippen LogP contribution in [0, 0.1) is 5.82 Å². The fourth-order valence-corrected chi connectivity index (χ4v) is 5.69. The third-order valence-electron chi connectivity index (χ3n) is 7.44. The fraction of sp³-hybridized carbons (Fsp3) is 0.455. The number of rotatable bonds is 2. The Bertz CT molecular complexity index is 990. The second-order valence-corrected chi connectivity index (χ2v) is 8.53. The second kappa shape index (κ2) is 5.77. The van der Waals surface area contributed by atoms with E-state index in [1.165, 1.54) is 31.5 Å². The van der Waals surface area contributed by atoms with Gasteiger partial charge in [-0.25, -0.2) is 4.39 Å². The predicted octanol–water partition coefficient (Wildman–Crippen LogP) is 3.10. The number of hydrogen-bond donors (Lipinski definition) is 1. The number of fused-ring (bicyclic) bond motifs is 1.